The molecular formula is C15H17N3O5. The molecule has 2 aliphatic heterocycles. The van der Waals surface area contributed by atoms with Gasteiger partial charge < -0.3 is 15.3 Å². The summed E-state index contributed by atoms with van der Waals surface area (Å²) in [5.74, 6) is -1.01. The van der Waals surface area contributed by atoms with E-state index in [4.69, 9.17) is 0 Å². The molecule has 1 aromatic carbocycles. The Balaban J connectivity index is 1.77. The summed E-state index contributed by atoms with van der Waals surface area (Å²) in [6.07, 6.45) is 1.91. The number of nitro benzene ring substituents is 1. The molecule has 2 fully saturated rings. The summed E-state index contributed by atoms with van der Waals surface area (Å²) in [5, 5.41) is 23.6. The number of rotatable bonds is 2. The lowest BCUT2D eigenvalue weighted by atomic mass is 9.77. The van der Waals surface area contributed by atoms with Crippen LogP contribution in [0, 0.1) is 15.5 Å². The molecule has 3 rings (SSSR count). The van der Waals surface area contributed by atoms with Crippen molar-refractivity contribution in [3.63, 3.8) is 0 Å². The Morgan fingerprint density at radius 1 is 1.30 bits per heavy atom. The van der Waals surface area contributed by atoms with E-state index in [0.29, 0.717) is 32.5 Å². The number of para-hydroxylation sites is 1. The molecule has 0 unspecified atom stereocenters. The summed E-state index contributed by atoms with van der Waals surface area (Å²) in [7, 11) is 0. The zero-order chi connectivity index (χ0) is 16.6. The van der Waals surface area contributed by atoms with Gasteiger partial charge in [0.05, 0.1) is 15.9 Å². The van der Waals surface area contributed by atoms with Crippen molar-refractivity contribution in [2.24, 2.45) is 5.41 Å². The third-order valence-corrected chi connectivity index (χ3v) is 4.82. The number of likely N-dealkylation sites (tertiary alicyclic amines) is 1. The van der Waals surface area contributed by atoms with Gasteiger partial charge in [-0.05, 0) is 25.3 Å². The standard InChI is InChI=1S/C15H17N3O5/c19-12-10(2-1-3-11(12)18(22)23)13(20)17-8-5-15(6-9-17)4-7-16-14(15)21/h1-3,19H,4-9H2,(H,16,21). The van der Waals surface area contributed by atoms with E-state index >= 15 is 0 Å². The van der Waals surface area contributed by atoms with Gasteiger partial charge in [0, 0.05) is 25.7 Å². The minimum atomic E-state index is -0.722. The molecule has 2 amide bonds. The third kappa shape index (κ3) is 2.49. The molecule has 122 valence electrons. The van der Waals surface area contributed by atoms with Crippen molar-refractivity contribution in [2.45, 2.75) is 19.3 Å². The Labute approximate surface area is 132 Å². The molecular weight excluding hydrogens is 302 g/mol. The highest BCUT2D eigenvalue weighted by atomic mass is 16.6. The van der Waals surface area contributed by atoms with Gasteiger partial charge in [0.1, 0.15) is 0 Å². The first kappa shape index (κ1) is 15.3. The van der Waals surface area contributed by atoms with Crippen LogP contribution >= 0.6 is 0 Å². The highest BCUT2D eigenvalue weighted by molar-refractivity contribution is 5.98. The maximum Gasteiger partial charge on any atom is 0.311 e. The zero-order valence-electron chi connectivity index (χ0n) is 12.4. The van der Waals surface area contributed by atoms with E-state index in [-0.39, 0.29) is 16.9 Å². The topological polar surface area (TPSA) is 113 Å². The number of aromatic hydroxyl groups is 1. The van der Waals surface area contributed by atoms with Gasteiger partial charge in [-0.1, -0.05) is 6.07 Å². The smallest absolute Gasteiger partial charge is 0.311 e. The summed E-state index contributed by atoms with van der Waals surface area (Å²) in [4.78, 5) is 36.1. The number of nitrogens with zero attached hydrogens (tertiary/aromatic N) is 2. The van der Waals surface area contributed by atoms with Crippen LogP contribution in [-0.4, -0.2) is 46.4 Å². The van der Waals surface area contributed by atoms with Gasteiger partial charge >= 0.3 is 5.69 Å². The molecule has 1 spiro atoms. The lowest BCUT2D eigenvalue weighted by Gasteiger charge is -2.37. The number of hydrogen-bond donors (Lipinski definition) is 2. The Hall–Kier alpha value is -2.64. The van der Waals surface area contributed by atoms with Crippen LogP contribution in [0.3, 0.4) is 0 Å². The van der Waals surface area contributed by atoms with Gasteiger partial charge in [0.15, 0.2) is 0 Å². The number of hydrogen-bond acceptors (Lipinski definition) is 5. The van der Waals surface area contributed by atoms with E-state index in [1.807, 2.05) is 0 Å². The highest BCUT2D eigenvalue weighted by Gasteiger charge is 2.45. The third-order valence-electron chi connectivity index (χ3n) is 4.82. The van der Waals surface area contributed by atoms with Crippen LogP contribution in [-0.2, 0) is 4.79 Å². The molecule has 2 saturated heterocycles. The second-order valence-electron chi connectivity index (χ2n) is 6.01. The maximum absolute atomic E-state index is 12.5. The predicted octanol–water partition coefficient (Wildman–Crippen LogP) is 1.04. The number of nitro groups is 1. The molecule has 0 aromatic heterocycles. The fraction of sp³-hybridized carbons (Fsp3) is 0.467. The van der Waals surface area contributed by atoms with Gasteiger partial charge in [-0.3, -0.25) is 19.7 Å². The summed E-state index contributed by atoms with van der Waals surface area (Å²) >= 11 is 0. The monoisotopic (exact) mass is 319 g/mol. The number of piperidine rings is 1. The first-order valence-corrected chi connectivity index (χ1v) is 7.48. The molecule has 0 aliphatic carbocycles. The Morgan fingerprint density at radius 2 is 2.00 bits per heavy atom. The van der Waals surface area contributed by atoms with Crippen molar-refractivity contribution < 1.29 is 19.6 Å². The van der Waals surface area contributed by atoms with Gasteiger partial charge in [0.2, 0.25) is 11.7 Å². The van der Waals surface area contributed by atoms with E-state index in [0.717, 1.165) is 12.5 Å². The molecule has 23 heavy (non-hydrogen) atoms. The van der Waals surface area contributed by atoms with E-state index in [1.165, 1.54) is 17.0 Å². The van der Waals surface area contributed by atoms with Crippen LogP contribution < -0.4 is 5.32 Å². The Kier molecular flexibility index (Phi) is 3.67. The van der Waals surface area contributed by atoms with Gasteiger partial charge in [0.25, 0.3) is 5.91 Å². The molecule has 2 N–H and O–H groups in total. The van der Waals surface area contributed by atoms with Crippen molar-refractivity contribution in [1.29, 1.82) is 0 Å². The molecule has 0 bridgehead atoms. The van der Waals surface area contributed by atoms with Crippen LogP contribution in [0.25, 0.3) is 0 Å². The number of nitrogens with one attached hydrogen (secondary N) is 1. The summed E-state index contributed by atoms with van der Waals surface area (Å²) in [6.45, 7) is 1.46. The van der Waals surface area contributed by atoms with E-state index in [9.17, 15) is 24.8 Å². The number of amides is 2. The van der Waals surface area contributed by atoms with Crippen LogP contribution in [0.15, 0.2) is 18.2 Å². The van der Waals surface area contributed by atoms with Crippen LogP contribution in [0.1, 0.15) is 29.6 Å². The normalized spacial score (nSPS) is 19.7. The van der Waals surface area contributed by atoms with Crippen molar-refractivity contribution >= 4 is 17.5 Å². The fourth-order valence-corrected chi connectivity index (χ4v) is 3.35. The van der Waals surface area contributed by atoms with Crippen LogP contribution in [0.2, 0.25) is 0 Å². The van der Waals surface area contributed by atoms with Crippen LogP contribution in [0.4, 0.5) is 5.69 Å². The van der Waals surface area contributed by atoms with Crippen molar-refractivity contribution in [2.75, 3.05) is 19.6 Å². The zero-order valence-corrected chi connectivity index (χ0v) is 12.4. The molecule has 0 saturated carbocycles. The minimum Gasteiger partial charge on any atom is -0.502 e. The summed E-state index contributed by atoms with van der Waals surface area (Å²) in [6, 6.07) is 3.90. The second-order valence-corrected chi connectivity index (χ2v) is 6.01. The largest absolute Gasteiger partial charge is 0.502 e. The van der Waals surface area contributed by atoms with Crippen LogP contribution in [0.5, 0.6) is 5.75 Å². The summed E-state index contributed by atoms with van der Waals surface area (Å²) in [5.41, 5.74) is -0.952. The SMILES string of the molecule is O=C(c1cccc([N+](=O)[O-])c1O)N1CCC2(CCNC2=O)CC1. The lowest BCUT2D eigenvalue weighted by molar-refractivity contribution is -0.385. The van der Waals surface area contributed by atoms with Crippen molar-refractivity contribution in [1.82, 2.24) is 10.2 Å². The number of carbonyl (C=O) groups is 2. The van der Waals surface area contributed by atoms with Gasteiger partial charge in [-0.25, -0.2) is 0 Å². The average Bonchev–Trinajstić information content (AvgIpc) is 2.88. The molecule has 0 atom stereocenters. The quantitative estimate of drug-likeness (QED) is 0.625. The highest BCUT2D eigenvalue weighted by Crippen LogP contribution is 2.39. The number of benzene rings is 1. The Morgan fingerprint density at radius 3 is 2.57 bits per heavy atom. The number of phenols is 1. The molecule has 8 heteroatoms. The number of phenolic OH excluding ortho intramolecular Hbond substituents is 1. The molecule has 2 heterocycles. The van der Waals surface area contributed by atoms with E-state index in [1.54, 1.807) is 0 Å². The minimum absolute atomic E-state index is 0.0443. The van der Waals surface area contributed by atoms with Crippen molar-refractivity contribution in [3.8, 4) is 5.75 Å². The average molecular weight is 319 g/mol. The molecule has 0 radical (unpaired) electrons. The second kappa shape index (κ2) is 5.53. The van der Waals surface area contributed by atoms with Gasteiger partial charge in [-0.15, -0.1) is 0 Å². The Bertz CT molecular complexity index is 680. The molecule has 8 nitrogen and oxygen atoms in total. The molecule has 1 aromatic rings. The van der Waals surface area contributed by atoms with Crippen molar-refractivity contribution in [3.05, 3.63) is 33.9 Å². The predicted molar refractivity (Wildman–Crippen MR) is 80.0 cm³/mol. The maximum atomic E-state index is 12.5. The number of carbonyl (C=O) groups excluding carboxylic acids is 2. The fourth-order valence-electron chi connectivity index (χ4n) is 3.35. The molecule has 2 aliphatic rings. The first-order valence-electron chi connectivity index (χ1n) is 7.48. The van der Waals surface area contributed by atoms with Gasteiger partial charge in [-0.2, -0.15) is 0 Å². The summed E-state index contributed by atoms with van der Waals surface area (Å²) < 4.78 is 0. The first-order chi connectivity index (χ1) is 10.9. The van der Waals surface area contributed by atoms with E-state index < -0.39 is 22.3 Å². The van der Waals surface area contributed by atoms with E-state index in [2.05, 4.69) is 5.32 Å². The lowest BCUT2D eigenvalue weighted by Crippen LogP contribution is -2.46.